The number of rotatable bonds is 3. The molecule has 110 valence electrons. The predicted molar refractivity (Wildman–Crippen MR) is 85.6 cm³/mol. The maximum Gasteiger partial charge on any atom is 0.255 e. The van der Waals surface area contributed by atoms with Crippen LogP contribution in [0.5, 0.6) is 0 Å². The summed E-state index contributed by atoms with van der Waals surface area (Å²) >= 11 is 1.75. The number of aromatic nitrogens is 2. The van der Waals surface area contributed by atoms with E-state index in [4.69, 9.17) is 0 Å². The highest BCUT2D eigenvalue weighted by Gasteiger charge is 2.20. The number of hydrogen-bond acceptors (Lipinski definition) is 4. The quantitative estimate of drug-likeness (QED) is 0.884. The first-order chi connectivity index (χ1) is 10.2. The molecular formula is C16H19N3OS. The van der Waals surface area contributed by atoms with Gasteiger partial charge in [0.05, 0.1) is 11.3 Å². The van der Waals surface area contributed by atoms with Gasteiger partial charge in [0.15, 0.2) is 0 Å². The van der Waals surface area contributed by atoms with Crippen LogP contribution in [0, 0.1) is 6.92 Å². The lowest BCUT2D eigenvalue weighted by Crippen LogP contribution is -2.35. The minimum atomic E-state index is 0.0138. The summed E-state index contributed by atoms with van der Waals surface area (Å²) < 4.78 is 0. The molecule has 21 heavy (non-hydrogen) atoms. The third-order valence-corrected chi connectivity index (χ3v) is 4.57. The van der Waals surface area contributed by atoms with E-state index in [1.54, 1.807) is 11.8 Å². The fourth-order valence-electron chi connectivity index (χ4n) is 2.73. The summed E-state index contributed by atoms with van der Waals surface area (Å²) in [5.41, 5.74) is 3.09. The largest absolute Gasteiger partial charge is 0.310 e. The molecule has 0 amide bonds. The van der Waals surface area contributed by atoms with Crippen molar-refractivity contribution >= 4 is 11.8 Å². The first-order valence-electron chi connectivity index (χ1n) is 7.09. The van der Waals surface area contributed by atoms with Crippen LogP contribution in [0.4, 0.5) is 0 Å². The summed E-state index contributed by atoms with van der Waals surface area (Å²) in [5, 5.41) is 0. The fraction of sp³-hybridized carbons (Fsp3) is 0.375. The molecule has 1 aromatic carbocycles. The van der Waals surface area contributed by atoms with Crippen LogP contribution in [0.25, 0.3) is 0 Å². The number of nitrogens with one attached hydrogen (secondary N) is 1. The third kappa shape index (κ3) is 3.19. The molecule has 0 spiro atoms. The van der Waals surface area contributed by atoms with E-state index in [1.807, 2.05) is 6.92 Å². The minimum Gasteiger partial charge on any atom is -0.310 e. The summed E-state index contributed by atoms with van der Waals surface area (Å²) in [6.07, 6.45) is 2.93. The molecule has 5 heteroatoms. The van der Waals surface area contributed by atoms with Crippen molar-refractivity contribution in [2.75, 3.05) is 12.8 Å². The fourth-order valence-corrected chi connectivity index (χ4v) is 3.14. The van der Waals surface area contributed by atoms with Gasteiger partial charge in [0, 0.05) is 31.0 Å². The van der Waals surface area contributed by atoms with Gasteiger partial charge in [-0.3, -0.25) is 9.69 Å². The van der Waals surface area contributed by atoms with Gasteiger partial charge in [-0.25, -0.2) is 4.98 Å². The Hall–Kier alpha value is -1.59. The number of nitrogens with zero attached hydrogens (tertiary/aromatic N) is 2. The highest BCUT2D eigenvalue weighted by Crippen LogP contribution is 2.19. The lowest BCUT2D eigenvalue weighted by atomic mass is 10.1. The van der Waals surface area contributed by atoms with Crippen LogP contribution in [0.1, 0.15) is 22.6 Å². The molecule has 3 rings (SSSR count). The molecule has 1 aromatic heterocycles. The van der Waals surface area contributed by atoms with Crippen molar-refractivity contribution in [3.8, 4) is 0 Å². The molecule has 0 unspecified atom stereocenters. The second-order valence-electron chi connectivity index (χ2n) is 5.39. The Morgan fingerprint density at radius 3 is 2.81 bits per heavy atom. The van der Waals surface area contributed by atoms with Gasteiger partial charge in [-0.15, -0.1) is 11.8 Å². The number of aromatic amines is 1. The first kappa shape index (κ1) is 14.4. The van der Waals surface area contributed by atoms with Crippen molar-refractivity contribution in [2.45, 2.75) is 31.3 Å². The second-order valence-corrected chi connectivity index (χ2v) is 6.26. The Labute approximate surface area is 128 Å². The molecule has 0 bridgehead atoms. The van der Waals surface area contributed by atoms with Gasteiger partial charge in [-0.05, 0) is 30.9 Å². The van der Waals surface area contributed by atoms with Crippen molar-refractivity contribution in [3.05, 3.63) is 57.3 Å². The van der Waals surface area contributed by atoms with Crippen LogP contribution < -0.4 is 5.56 Å². The van der Waals surface area contributed by atoms with Crippen LogP contribution in [-0.4, -0.2) is 27.7 Å². The van der Waals surface area contributed by atoms with Gasteiger partial charge in [0.1, 0.15) is 5.82 Å². The predicted octanol–water partition coefficient (Wildman–Crippen LogP) is 2.36. The van der Waals surface area contributed by atoms with Crippen molar-refractivity contribution in [1.82, 2.24) is 14.9 Å². The van der Waals surface area contributed by atoms with E-state index in [1.165, 1.54) is 10.5 Å². The molecule has 0 radical (unpaired) electrons. The number of fused-ring (bicyclic) bond motifs is 1. The van der Waals surface area contributed by atoms with E-state index in [-0.39, 0.29) is 5.56 Å². The number of H-pyrrole nitrogens is 1. The van der Waals surface area contributed by atoms with Crippen LogP contribution in [0.3, 0.4) is 0 Å². The Morgan fingerprint density at radius 1 is 1.33 bits per heavy atom. The molecular weight excluding hydrogens is 282 g/mol. The molecule has 1 N–H and O–H groups in total. The van der Waals surface area contributed by atoms with Gasteiger partial charge in [-0.2, -0.15) is 0 Å². The van der Waals surface area contributed by atoms with E-state index >= 15 is 0 Å². The van der Waals surface area contributed by atoms with Crippen LogP contribution in [0.2, 0.25) is 0 Å². The lowest BCUT2D eigenvalue weighted by molar-refractivity contribution is 0.241. The third-order valence-electron chi connectivity index (χ3n) is 3.83. The maximum atomic E-state index is 12.0. The summed E-state index contributed by atoms with van der Waals surface area (Å²) in [5.74, 6) is 0.708. The lowest BCUT2D eigenvalue weighted by Gasteiger charge is -2.27. The molecule has 0 saturated heterocycles. The highest BCUT2D eigenvalue weighted by molar-refractivity contribution is 7.98. The SMILES string of the molecule is CSc1ccc(CN2CCc3nc(C)[nH]c(=O)c3C2)cc1. The summed E-state index contributed by atoms with van der Waals surface area (Å²) in [4.78, 5) is 22.9. The highest BCUT2D eigenvalue weighted by atomic mass is 32.2. The first-order valence-corrected chi connectivity index (χ1v) is 8.32. The van der Waals surface area contributed by atoms with Crippen LogP contribution in [-0.2, 0) is 19.5 Å². The van der Waals surface area contributed by atoms with Gasteiger partial charge in [0.25, 0.3) is 5.56 Å². The van der Waals surface area contributed by atoms with E-state index in [0.717, 1.165) is 30.8 Å². The Bertz CT molecular complexity index is 694. The molecule has 0 atom stereocenters. The second kappa shape index (κ2) is 6.03. The molecule has 2 aromatic rings. The smallest absolute Gasteiger partial charge is 0.255 e. The minimum absolute atomic E-state index is 0.0138. The van der Waals surface area contributed by atoms with Crippen molar-refractivity contribution in [1.29, 1.82) is 0 Å². The maximum absolute atomic E-state index is 12.0. The molecule has 0 fully saturated rings. The Morgan fingerprint density at radius 2 is 2.10 bits per heavy atom. The average Bonchev–Trinajstić information content (AvgIpc) is 2.48. The molecule has 0 aliphatic carbocycles. The van der Waals surface area contributed by atoms with E-state index in [0.29, 0.717) is 12.4 Å². The van der Waals surface area contributed by atoms with Crippen molar-refractivity contribution < 1.29 is 0 Å². The van der Waals surface area contributed by atoms with Gasteiger partial charge in [-0.1, -0.05) is 12.1 Å². The van der Waals surface area contributed by atoms with Gasteiger partial charge in [0.2, 0.25) is 0 Å². The van der Waals surface area contributed by atoms with Crippen LogP contribution in [0.15, 0.2) is 34.0 Å². The van der Waals surface area contributed by atoms with Crippen LogP contribution >= 0.6 is 11.8 Å². The summed E-state index contributed by atoms with van der Waals surface area (Å²) in [6, 6.07) is 8.63. The summed E-state index contributed by atoms with van der Waals surface area (Å²) in [6.45, 7) is 4.35. The Balaban J connectivity index is 1.75. The number of hydrogen-bond donors (Lipinski definition) is 1. The molecule has 2 heterocycles. The monoisotopic (exact) mass is 301 g/mol. The zero-order chi connectivity index (χ0) is 14.8. The van der Waals surface area contributed by atoms with Crippen molar-refractivity contribution in [2.24, 2.45) is 0 Å². The van der Waals surface area contributed by atoms with Gasteiger partial charge >= 0.3 is 0 Å². The molecule has 1 aliphatic rings. The van der Waals surface area contributed by atoms with Crippen molar-refractivity contribution in [3.63, 3.8) is 0 Å². The molecule has 0 saturated carbocycles. The number of thioether (sulfide) groups is 1. The standard InChI is InChI=1S/C16H19N3OS/c1-11-17-15-7-8-19(10-14(15)16(20)18-11)9-12-3-5-13(21-2)6-4-12/h3-6H,7-10H2,1-2H3,(H,17,18,20). The molecule has 1 aliphatic heterocycles. The van der Waals surface area contributed by atoms with Gasteiger partial charge < -0.3 is 4.98 Å². The number of aryl methyl sites for hydroxylation is 1. The topological polar surface area (TPSA) is 49.0 Å². The number of benzene rings is 1. The summed E-state index contributed by atoms with van der Waals surface area (Å²) in [7, 11) is 0. The Kier molecular flexibility index (Phi) is 4.12. The molecule has 4 nitrogen and oxygen atoms in total. The zero-order valence-corrected chi connectivity index (χ0v) is 13.2. The van der Waals surface area contributed by atoms with E-state index in [2.05, 4.69) is 45.4 Å². The average molecular weight is 301 g/mol. The van der Waals surface area contributed by atoms with E-state index in [9.17, 15) is 4.79 Å². The normalized spacial score (nSPS) is 15.0. The van der Waals surface area contributed by atoms with E-state index < -0.39 is 0 Å². The zero-order valence-electron chi connectivity index (χ0n) is 12.3.